The lowest BCUT2D eigenvalue weighted by Crippen LogP contribution is -2.41. The normalized spacial score (nSPS) is 14.6. The van der Waals surface area contributed by atoms with Gasteiger partial charge in [0.2, 0.25) is 5.91 Å². The number of nitrogens with zero attached hydrogens (tertiary/aromatic N) is 3. The zero-order valence-corrected chi connectivity index (χ0v) is 17.7. The second-order valence-electron chi connectivity index (χ2n) is 7.58. The van der Waals surface area contributed by atoms with Crippen LogP contribution in [0.15, 0.2) is 64.9 Å². The predicted octanol–water partition coefficient (Wildman–Crippen LogP) is 2.93. The Balaban J connectivity index is 1.27. The van der Waals surface area contributed by atoms with Crippen molar-refractivity contribution >= 4 is 22.9 Å². The van der Waals surface area contributed by atoms with Gasteiger partial charge >= 0.3 is 0 Å². The van der Waals surface area contributed by atoms with Crippen LogP contribution in [0.25, 0.3) is 0 Å². The van der Waals surface area contributed by atoms with Crippen molar-refractivity contribution in [2.24, 2.45) is 5.92 Å². The van der Waals surface area contributed by atoms with Crippen molar-refractivity contribution in [1.82, 2.24) is 15.1 Å². The summed E-state index contributed by atoms with van der Waals surface area (Å²) < 4.78 is 1.48. The number of rotatable bonds is 7. The lowest BCUT2D eigenvalue weighted by molar-refractivity contribution is -0.125. The Morgan fingerprint density at radius 2 is 1.93 bits per heavy atom. The molecule has 1 aromatic carbocycles. The average Bonchev–Trinajstić information content (AvgIpc) is 3.29. The fourth-order valence-corrected chi connectivity index (χ4v) is 4.49. The van der Waals surface area contributed by atoms with Crippen molar-refractivity contribution in [1.29, 1.82) is 0 Å². The number of hydrogen-bond donors (Lipinski definition) is 1. The summed E-state index contributed by atoms with van der Waals surface area (Å²) in [5.41, 5.74) is 1.77. The number of aromatic nitrogens is 2. The first-order valence-corrected chi connectivity index (χ1v) is 11.2. The third-order valence-electron chi connectivity index (χ3n) is 5.51. The van der Waals surface area contributed by atoms with Crippen LogP contribution in [0.2, 0.25) is 0 Å². The van der Waals surface area contributed by atoms with Crippen LogP contribution in [-0.4, -0.2) is 35.3 Å². The predicted molar refractivity (Wildman–Crippen MR) is 120 cm³/mol. The molecule has 0 unspecified atom stereocenters. The summed E-state index contributed by atoms with van der Waals surface area (Å²) in [4.78, 5) is 28.4. The van der Waals surface area contributed by atoms with Gasteiger partial charge in [-0.1, -0.05) is 36.4 Å². The first-order valence-electron chi connectivity index (χ1n) is 10.4. The van der Waals surface area contributed by atoms with Crippen molar-refractivity contribution in [3.63, 3.8) is 0 Å². The van der Waals surface area contributed by atoms with E-state index in [0.717, 1.165) is 43.6 Å². The monoisotopic (exact) mass is 422 g/mol. The fourth-order valence-electron chi connectivity index (χ4n) is 3.78. The van der Waals surface area contributed by atoms with E-state index in [0.29, 0.717) is 13.1 Å². The largest absolute Gasteiger partial charge is 0.370 e. The summed E-state index contributed by atoms with van der Waals surface area (Å²) in [5.74, 6) is 0.179. The lowest BCUT2D eigenvalue weighted by Gasteiger charge is -2.32. The molecule has 1 amide bonds. The lowest BCUT2D eigenvalue weighted by atomic mass is 9.95. The molecule has 7 heteroatoms. The Hall–Kier alpha value is -2.93. The Bertz CT molecular complexity index is 1010. The first-order chi connectivity index (χ1) is 14.7. The van der Waals surface area contributed by atoms with Gasteiger partial charge in [-0.3, -0.25) is 9.59 Å². The zero-order valence-electron chi connectivity index (χ0n) is 16.9. The van der Waals surface area contributed by atoms with Gasteiger partial charge in [0.05, 0.1) is 18.4 Å². The van der Waals surface area contributed by atoms with Gasteiger partial charge in [-0.15, -0.1) is 11.3 Å². The molecule has 1 fully saturated rings. The maximum Gasteiger partial charge on any atom is 0.269 e. The van der Waals surface area contributed by atoms with Crippen LogP contribution in [0, 0.1) is 5.92 Å². The molecule has 0 aliphatic carbocycles. The number of amides is 1. The average molecular weight is 423 g/mol. The second kappa shape index (κ2) is 9.71. The number of carbonyl (C=O) groups excluding carboxylic acids is 1. The van der Waals surface area contributed by atoms with Gasteiger partial charge in [-0.2, -0.15) is 5.10 Å². The van der Waals surface area contributed by atoms with Crippen molar-refractivity contribution in [2.45, 2.75) is 25.8 Å². The van der Waals surface area contributed by atoms with E-state index in [2.05, 4.69) is 26.8 Å². The maximum absolute atomic E-state index is 12.5. The standard InChI is InChI=1S/C23H26N4O2S/c28-22-15-20(16-25-27(22)17-18-5-2-1-3-6-18)26-12-9-19(10-13-26)23(29)24-11-8-21-7-4-14-30-21/h1-7,14-16,19H,8-13,17H2,(H,24,29). The number of piperidine rings is 1. The molecule has 4 rings (SSSR count). The zero-order chi connectivity index (χ0) is 20.8. The maximum atomic E-state index is 12.5. The van der Waals surface area contributed by atoms with E-state index in [1.54, 1.807) is 23.6 Å². The summed E-state index contributed by atoms with van der Waals surface area (Å²) in [6, 6.07) is 15.6. The molecule has 6 nitrogen and oxygen atoms in total. The molecular weight excluding hydrogens is 396 g/mol. The molecule has 30 heavy (non-hydrogen) atoms. The molecule has 156 valence electrons. The highest BCUT2D eigenvalue weighted by atomic mass is 32.1. The molecule has 3 aromatic rings. The van der Waals surface area contributed by atoms with Crippen LogP contribution in [0.1, 0.15) is 23.3 Å². The fraction of sp³-hybridized carbons (Fsp3) is 0.348. The van der Waals surface area contributed by atoms with Crippen molar-refractivity contribution < 1.29 is 4.79 Å². The molecule has 1 aliphatic rings. The minimum Gasteiger partial charge on any atom is -0.370 e. The summed E-state index contributed by atoms with van der Waals surface area (Å²) in [6.07, 6.45) is 4.22. The quantitative estimate of drug-likeness (QED) is 0.636. The molecule has 2 aromatic heterocycles. The summed E-state index contributed by atoms with van der Waals surface area (Å²) >= 11 is 1.72. The molecule has 1 saturated heterocycles. The topological polar surface area (TPSA) is 67.2 Å². The Morgan fingerprint density at radius 3 is 2.63 bits per heavy atom. The minimum atomic E-state index is -0.107. The molecule has 0 radical (unpaired) electrons. The van der Waals surface area contributed by atoms with Crippen LogP contribution < -0.4 is 15.8 Å². The van der Waals surface area contributed by atoms with Gasteiger partial charge < -0.3 is 10.2 Å². The third kappa shape index (κ3) is 5.16. The van der Waals surface area contributed by atoms with E-state index >= 15 is 0 Å². The van der Waals surface area contributed by atoms with E-state index in [-0.39, 0.29) is 17.4 Å². The van der Waals surface area contributed by atoms with Gasteiger partial charge in [-0.25, -0.2) is 4.68 Å². The van der Waals surface area contributed by atoms with E-state index in [4.69, 9.17) is 0 Å². The highest BCUT2D eigenvalue weighted by Gasteiger charge is 2.25. The van der Waals surface area contributed by atoms with Crippen LogP contribution in [-0.2, 0) is 17.8 Å². The molecule has 1 aliphatic heterocycles. The van der Waals surface area contributed by atoms with Crippen LogP contribution in [0.3, 0.4) is 0 Å². The molecule has 0 bridgehead atoms. The van der Waals surface area contributed by atoms with Crippen LogP contribution in [0.5, 0.6) is 0 Å². The van der Waals surface area contributed by atoms with E-state index in [9.17, 15) is 9.59 Å². The Morgan fingerprint density at radius 1 is 1.13 bits per heavy atom. The molecule has 0 saturated carbocycles. The van der Waals surface area contributed by atoms with Crippen molar-refractivity contribution in [3.8, 4) is 0 Å². The Labute approximate surface area is 180 Å². The Kier molecular flexibility index (Phi) is 6.59. The van der Waals surface area contributed by atoms with Gasteiger partial charge in [0.25, 0.3) is 5.56 Å². The minimum absolute atomic E-state index is 0.0380. The summed E-state index contributed by atoms with van der Waals surface area (Å²) in [6.45, 7) is 2.66. The van der Waals surface area contributed by atoms with Crippen LogP contribution in [0.4, 0.5) is 5.69 Å². The highest BCUT2D eigenvalue weighted by molar-refractivity contribution is 7.09. The van der Waals surface area contributed by atoms with E-state index < -0.39 is 0 Å². The molecular formula is C23H26N4O2S. The highest BCUT2D eigenvalue weighted by Crippen LogP contribution is 2.22. The molecule has 0 spiro atoms. The number of benzene rings is 1. The van der Waals surface area contributed by atoms with Crippen molar-refractivity contribution in [2.75, 3.05) is 24.5 Å². The number of carbonyl (C=O) groups is 1. The van der Waals surface area contributed by atoms with Crippen molar-refractivity contribution in [3.05, 3.63) is 80.9 Å². The SMILES string of the molecule is O=C(NCCc1cccs1)C1CCN(c2cnn(Cc3ccccc3)c(=O)c2)CC1. The van der Waals surface area contributed by atoms with Crippen LogP contribution >= 0.6 is 11.3 Å². The van der Waals surface area contributed by atoms with Gasteiger partial charge in [-0.05, 0) is 36.3 Å². The molecule has 1 N–H and O–H groups in total. The summed E-state index contributed by atoms with van der Waals surface area (Å²) in [5, 5.41) is 9.48. The molecule has 0 atom stereocenters. The van der Waals surface area contributed by atoms with E-state index in [1.165, 1.54) is 9.56 Å². The van der Waals surface area contributed by atoms with Gasteiger partial charge in [0, 0.05) is 36.5 Å². The molecule has 3 heterocycles. The number of thiophene rings is 1. The summed E-state index contributed by atoms with van der Waals surface area (Å²) in [7, 11) is 0. The number of anilines is 1. The van der Waals surface area contributed by atoms with Gasteiger partial charge in [0.15, 0.2) is 0 Å². The smallest absolute Gasteiger partial charge is 0.269 e. The number of hydrogen-bond acceptors (Lipinski definition) is 5. The number of nitrogens with one attached hydrogen (secondary N) is 1. The van der Waals surface area contributed by atoms with E-state index in [1.807, 2.05) is 36.4 Å². The second-order valence-corrected chi connectivity index (χ2v) is 8.61. The first kappa shape index (κ1) is 20.3. The third-order valence-corrected chi connectivity index (χ3v) is 6.45. The van der Waals surface area contributed by atoms with Gasteiger partial charge in [0.1, 0.15) is 0 Å².